The summed E-state index contributed by atoms with van der Waals surface area (Å²) in [5.74, 6) is 1.01. The number of hydrogen-bond acceptors (Lipinski definition) is 2. The number of likely N-dealkylation sites (tertiary alicyclic amines) is 1. The number of hydrogen-bond donors (Lipinski definition) is 0. The van der Waals surface area contributed by atoms with Crippen LogP contribution in [-0.2, 0) is 6.54 Å². The first-order chi connectivity index (χ1) is 8.85. The molecule has 1 heterocycles. The third kappa shape index (κ3) is 3.48. The zero-order valence-electron chi connectivity index (χ0n) is 11.1. The summed E-state index contributed by atoms with van der Waals surface area (Å²) in [5, 5.41) is 1.10. The topological polar surface area (TPSA) is 12.5 Å². The van der Waals surface area contributed by atoms with Gasteiger partial charge in [-0.3, -0.25) is 4.90 Å². The van der Waals surface area contributed by atoms with Gasteiger partial charge in [-0.2, -0.15) is 0 Å². The molecule has 1 saturated heterocycles. The van der Waals surface area contributed by atoms with Gasteiger partial charge in [-0.1, -0.05) is 40.5 Å². The fourth-order valence-corrected chi connectivity index (χ4v) is 3.30. The molecule has 1 unspecified atom stereocenters. The molecule has 0 radical (unpaired) electrons. The van der Waals surface area contributed by atoms with E-state index in [1.165, 1.54) is 37.8 Å². The maximum absolute atomic E-state index is 5.45. The molecule has 1 aromatic carbocycles. The number of methoxy groups -OCH3 is 1. The van der Waals surface area contributed by atoms with E-state index in [4.69, 9.17) is 4.74 Å². The molecular weight excluding hydrogens is 290 g/mol. The number of piperidine rings is 1. The van der Waals surface area contributed by atoms with Gasteiger partial charge in [-0.15, -0.1) is 0 Å². The summed E-state index contributed by atoms with van der Waals surface area (Å²) >= 11 is 3.57. The zero-order chi connectivity index (χ0) is 12.8. The Morgan fingerprint density at radius 2 is 2.17 bits per heavy atom. The van der Waals surface area contributed by atoms with Gasteiger partial charge < -0.3 is 4.74 Å². The molecule has 0 aromatic heterocycles. The van der Waals surface area contributed by atoms with Crippen LogP contribution in [0.4, 0.5) is 0 Å². The second-order valence-corrected chi connectivity index (χ2v) is 5.70. The molecule has 0 amide bonds. The van der Waals surface area contributed by atoms with Crippen LogP contribution in [0.1, 0.15) is 31.2 Å². The number of nitrogens with zero attached hydrogens (tertiary/aromatic N) is 1. The lowest BCUT2D eigenvalue weighted by atomic mass is 9.99. The van der Waals surface area contributed by atoms with Crippen molar-refractivity contribution >= 4 is 15.9 Å². The minimum absolute atomic E-state index is 0.725. The highest BCUT2D eigenvalue weighted by molar-refractivity contribution is 9.09. The van der Waals surface area contributed by atoms with Crippen LogP contribution in [0.15, 0.2) is 24.3 Å². The van der Waals surface area contributed by atoms with E-state index in [1.54, 1.807) is 7.11 Å². The predicted octanol–water partition coefficient (Wildman–Crippen LogP) is 3.83. The summed E-state index contributed by atoms with van der Waals surface area (Å²) < 4.78 is 5.45. The largest absolute Gasteiger partial charge is 0.496 e. The Morgan fingerprint density at radius 3 is 2.94 bits per heavy atom. The lowest BCUT2D eigenvalue weighted by molar-refractivity contribution is 0.136. The van der Waals surface area contributed by atoms with Crippen LogP contribution in [0.3, 0.4) is 0 Å². The van der Waals surface area contributed by atoms with Gasteiger partial charge in [-0.05, 0) is 31.9 Å². The van der Waals surface area contributed by atoms with Crippen molar-refractivity contribution in [2.75, 3.05) is 19.0 Å². The fourth-order valence-electron chi connectivity index (χ4n) is 2.77. The third-order valence-electron chi connectivity index (χ3n) is 3.76. The molecule has 2 rings (SSSR count). The van der Waals surface area contributed by atoms with Gasteiger partial charge in [0.2, 0.25) is 0 Å². The van der Waals surface area contributed by atoms with Crippen molar-refractivity contribution in [1.82, 2.24) is 4.90 Å². The number of halogens is 1. The molecule has 0 saturated carbocycles. The molecule has 0 N–H and O–H groups in total. The van der Waals surface area contributed by atoms with Crippen LogP contribution < -0.4 is 4.74 Å². The van der Waals surface area contributed by atoms with E-state index >= 15 is 0 Å². The molecule has 1 fully saturated rings. The summed E-state index contributed by atoms with van der Waals surface area (Å²) in [4.78, 5) is 2.61. The van der Waals surface area contributed by atoms with Crippen LogP contribution >= 0.6 is 15.9 Å². The normalized spacial score (nSPS) is 20.9. The summed E-state index contributed by atoms with van der Waals surface area (Å²) in [7, 11) is 1.75. The first kappa shape index (κ1) is 13.9. The van der Waals surface area contributed by atoms with E-state index in [0.29, 0.717) is 0 Å². The highest BCUT2D eigenvalue weighted by Gasteiger charge is 2.22. The van der Waals surface area contributed by atoms with Gasteiger partial charge in [-0.25, -0.2) is 0 Å². The maximum Gasteiger partial charge on any atom is 0.123 e. The smallest absolute Gasteiger partial charge is 0.123 e. The first-order valence-electron chi connectivity index (χ1n) is 6.77. The molecule has 2 nitrogen and oxygen atoms in total. The summed E-state index contributed by atoms with van der Waals surface area (Å²) in [6, 6.07) is 9.09. The Labute approximate surface area is 118 Å². The quantitative estimate of drug-likeness (QED) is 0.766. The van der Waals surface area contributed by atoms with E-state index in [0.717, 1.165) is 23.7 Å². The summed E-state index contributed by atoms with van der Waals surface area (Å²) in [6.07, 6.45) is 5.28. The molecule has 100 valence electrons. The van der Waals surface area contributed by atoms with Crippen LogP contribution in [-0.4, -0.2) is 29.9 Å². The Morgan fingerprint density at radius 1 is 1.33 bits per heavy atom. The number of para-hydroxylation sites is 1. The number of ether oxygens (including phenoxy) is 1. The van der Waals surface area contributed by atoms with Crippen molar-refractivity contribution in [3.05, 3.63) is 29.8 Å². The van der Waals surface area contributed by atoms with Crippen LogP contribution in [0.5, 0.6) is 5.75 Å². The molecule has 0 aliphatic carbocycles. The van der Waals surface area contributed by atoms with Crippen LogP contribution in [0.2, 0.25) is 0 Å². The SMILES string of the molecule is COc1ccccc1CN1CCCCC1CCBr. The van der Waals surface area contributed by atoms with Gasteiger partial charge in [0.15, 0.2) is 0 Å². The maximum atomic E-state index is 5.45. The molecule has 3 heteroatoms. The van der Waals surface area contributed by atoms with Gasteiger partial charge in [0.1, 0.15) is 5.75 Å². The molecule has 1 atom stereocenters. The Hall–Kier alpha value is -0.540. The highest BCUT2D eigenvalue weighted by Crippen LogP contribution is 2.26. The van der Waals surface area contributed by atoms with E-state index in [1.807, 2.05) is 6.07 Å². The van der Waals surface area contributed by atoms with Gasteiger partial charge in [0.25, 0.3) is 0 Å². The van der Waals surface area contributed by atoms with Crippen molar-refractivity contribution in [1.29, 1.82) is 0 Å². The van der Waals surface area contributed by atoms with E-state index < -0.39 is 0 Å². The molecule has 1 aliphatic rings. The minimum Gasteiger partial charge on any atom is -0.496 e. The van der Waals surface area contributed by atoms with Crippen molar-refractivity contribution < 1.29 is 4.74 Å². The zero-order valence-corrected chi connectivity index (χ0v) is 12.7. The standard InChI is InChI=1S/C15H22BrNO/c1-18-15-8-3-2-6-13(15)12-17-11-5-4-7-14(17)9-10-16/h2-3,6,8,14H,4-5,7,9-12H2,1H3. The summed E-state index contributed by atoms with van der Waals surface area (Å²) in [6.45, 7) is 2.23. The Bertz CT molecular complexity index is 367. The second-order valence-electron chi connectivity index (χ2n) is 4.91. The van der Waals surface area contributed by atoms with E-state index in [2.05, 4.69) is 39.0 Å². The number of benzene rings is 1. The predicted molar refractivity (Wildman–Crippen MR) is 79.5 cm³/mol. The molecule has 0 spiro atoms. The first-order valence-corrected chi connectivity index (χ1v) is 7.89. The van der Waals surface area contributed by atoms with Gasteiger partial charge in [0.05, 0.1) is 7.11 Å². The van der Waals surface area contributed by atoms with Crippen LogP contribution in [0, 0.1) is 0 Å². The molecule has 18 heavy (non-hydrogen) atoms. The molecular formula is C15H22BrNO. The van der Waals surface area contributed by atoms with E-state index in [-0.39, 0.29) is 0 Å². The highest BCUT2D eigenvalue weighted by atomic mass is 79.9. The number of alkyl halides is 1. The van der Waals surface area contributed by atoms with Gasteiger partial charge >= 0.3 is 0 Å². The van der Waals surface area contributed by atoms with Crippen molar-refractivity contribution in [3.8, 4) is 5.75 Å². The van der Waals surface area contributed by atoms with Crippen LogP contribution in [0.25, 0.3) is 0 Å². The minimum atomic E-state index is 0.725. The second kappa shape index (κ2) is 7.15. The third-order valence-corrected chi connectivity index (χ3v) is 4.22. The monoisotopic (exact) mass is 311 g/mol. The lowest BCUT2D eigenvalue weighted by Gasteiger charge is -2.35. The average Bonchev–Trinajstić information content (AvgIpc) is 2.42. The molecule has 1 aromatic rings. The average molecular weight is 312 g/mol. The van der Waals surface area contributed by atoms with Crippen molar-refractivity contribution in [2.24, 2.45) is 0 Å². The van der Waals surface area contributed by atoms with Crippen molar-refractivity contribution in [3.63, 3.8) is 0 Å². The number of rotatable bonds is 5. The molecule has 1 aliphatic heterocycles. The lowest BCUT2D eigenvalue weighted by Crippen LogP contribution is -2.39. The molecule has 0 bridgehead atoms. The van der Waals surface area contributed by atoms with E-state index in [9.17, 15) is 0 Å². The Kier molecular flexibility index (Phi) is 5.51. The van der Waals surface area contributed by atoms with Crippen molar-refractivity contribution in [2.45, 2.75) is 38.3 Å². The fraction of sp³-hybridized carbons (Fsp3) is 0.600. The van der Waals surface area contributed by atoms with Gasteiger partial charge in [0, 0.05) is 23.5 Å². The Balaban J connectivity index is 2.05. The summed E-state index contributed by atoms with van der Waals surface area (Å²) in [5.41, 5.74) is 1.31.